The number of carbonyl (C=O) groups excluding carboxylic acids is 5. The second-order valence-corrected chi connectivity index (χ2v) is 22.6. The van der Waals surface area contributed by atoms with Gasteiger partial charge in [0.25, 0.3) is 5.91 Å². The molecule has 0 bridgehead atoms. The van der Waals surface area contributed by atoms with E-state index in [1.54, 1.807) is 16.8 Å². The van der Waals surface area contributed by atoms with E-state index in [1.807, 2.05) is 52.0 Å². The van der Waals surface area contributed by atoms with E-state index in [1.165, 1.54) is 36.2 Å². The molecule has 2 saturated heterocycles. The lowest BCUT2D eigenvalue weighted by atomic mass is 9.85. The molecule has 23 heteroatoms. The van der Waals surface area contributed by atoms with Crippen LogP contribution in [0.15, 0.2) is 48.1 Å². The monoisotopic (exact) mass is 1100 g/mol. The Morgan fingerprint density at radius 2 is 1.71 bits per heavy atom. The van der Waals surface area contributed by atoms with Crippen LogP contribution < -0.4 is 30.5 Å². The van der Waals surface area contributed by atoms with Gasteiger partial charge in [-0.25, -0.2) is 14.4 Å². The smallest absolute Gasteiger partial charge is 0.342 e. The number of aromatic nitrogens is 3. The minimum atomic E-state index is -3.64. The van der Waals surface area contributed by atoms with Crippen LogP contribution >= 0.6 is 11.3 Å². The van der Waals surface area contributed by atoms with Gasteiger partial charge in [0, 0.05) is 51.6 Å². The van der Waals surface area contributed by atoms with Crippen LogP contribution in [0.2, 0.25) is 0 Å². The molecule has 3 fully saturated rings. The Hall–Kier alpha value is -6.27. The molecule has 422 valence electrons. The molecule has 5 heterocycles. The second-order valence-electron chi connectivity index (χ2n) is 21.7. The van der Waals surface area contributed by atoms with Crippen molar-refractivity contribution < 1.29 is 56.5 Å². The number of likely N-dealkylation sites (tertiary alicyclic amines) is 2. The van der Waals surface area contributed by atoms with Crippen LogP contribution in [0.25, 0.3) is 10.4 Å². The van der Waals surface area contributed by atoms with Crippen molar-refractivity contribution >= 4 is 63.9 Å². The fourth-order valence-electron chi connectivity index (χ4n) is 10.6. The van der Waals surface area contributed by atoms with E-state index in [2.05, 4.69) is 35.8 Å². The van der Waals surface area contributed by atoms with Gasteiger partial charge in [-0.15, -0.1) is 11.3 Å². The summed E-state index contributed by atoms with van der Waals surface area (Å²) in [6, 6.07) is 8.12. The Labute approximate surface area is 456 Å². The van der Waals surface area contributed by atoms with E-state index in [9.17, 15) is 29.1 Å². The number of amides is 4. The second kappa shape index (κ2) is 25.2. The average Bonchev–Trinajstić information content (AvgIpc) is 4.20. The first-order valence-corrected chi connectivity index (χ1v) is 27.5. The molecule has 78 heavy (non-hydrogen) atoms. The summed E-state index contributed by atoms with van der Waals surface area (Å²) >= 11 is 1.56. The molecule has 4 N–H and O–H groups in total. The van der Waals surface area contributed by atoms with Crippen LogP contribution in [0.1, 0.15) is 93.8 Å². The van der Waals surface area contributed by atoms with Crippen LogP contribution in [0.5, 0.6) is 5.75 Å². The van der Waals surface area contributed by atoms with Crippen molar-refractivity contribution in [3.63, 3.8) is 0 Å². The molecule has 2 aromatic carbocycles. The molecule has 4 aliphatic rings. The van der Waals surface area contributed by atoms with Gasteiger partial charge in [0.15, 0.2) is 11.6 Å². The Morgan fingerprint density at radius 3 is 2.38 bits per heavy atom. The van der Waals surface area contributed by atoms with Gasteiger partial charge in [0.2, 0.25) is 23.7 Å². The van der Waals surface area contributed by atoms with Crippen molar-refractivity contribution in [2.24, 2.45) is 11.3 Å². The highest BCUT2D eigenvalue weighted by molar-refractivity contribution is 7.13. The summed E-state index contributed by atoms with van der Waals surface area (Å²) < 4.78 is 62.9. The number of piperidine rings is 1. The molecule has 1 aliphatic carbocycles. The van der Waals surface area contributed by atoms with Gasteiger partial charge in [0.05, 0.1) is 73.1 Å². The number of nitrogens with one attached hydrogen (secondary N) is 3. The zero-order chi connectivity index (χ0) is 55.9. The normalized spacial score (nSPS) is 19.6. The van der Waals surface area contributed by atoms with Crippen molar-refractivity contribution in [1.82, 2.24) is 35.4 Å². The number of aliphatic hydroxyl groups is 1. The Balaban J connectivity index is 0.737. The molecule has 3 aliphatic heterocycles. The molecule has 0 unspecified atom stereocenters. The van der Waals surface area contributed by atoms with Gasteiger partial charge >= 0.3 is 5.92 Å². The fraction of sp³-hybridized carbons (Fsp3) is 0.564. The molecule has 2 aromatic heterocycles. The standard InChI is InChI=1S/C55H71F3N10O9S/c1-33-47(78-32-61-33)36-13-11-35(12-14-36)27-59-50(72)42-24-38(69)29-67(42)51(73)48(54(2,3)4)63-46(71)30-77-22-21-76-20-19-66-17-15-34(16-18-66)23-44(70)39-25-45(75-6)41(26-40(39)56)62-53-60-28-43-49(64-53)68(37-9-7-8-10-37)31-55(57,58)52(74)65(43)5/h11-14,25-26,28,32,34,37-38,42,48,69H,7-10,15-24,27,29-31H2,1-6H3,(H,59,72)(H,63,71)(H,60,62,64)/t38-,42+,48-/m1/s1. The number of ketones is 1. The maximum atomic E-state index is 15.7. The third kappa shape index (κ3) is 13.9. The number of rotatable bonds is 21. The van der Waals surface area contributed by atoms with E-state index in [0.717, 1.165) is 58.3 Å². The zero-order valence-corrected chi connectivity index (χ0v) is 45.9. The number of nitrogens with zero attached hydrogens (tertiary/aromatic N) is 7. The molecule has 8 rings (SSSR count). The van der Waals surface area contributed by atoms with E-state index >= 15 is 13.2 Å². The summed E-state index contributed by atoms with van der Waals surface area (Å²) in [6.45, 7) is 9.26. The number of Topliss-reactive ketones (excluding diaryl/α,β-unsaturated/α-hetero) is 1. The van der Waals surface area contributed by atoms with E-state index < -0.39 is 65.5 Å². The van der Waals surface area contributed by atoms with Gasteiger partial charge in [0.1, 0.15) is 35.9 Å². The molecular weight excluding hydrogens is 1030 g/mol. The number of benzene rings is 2. The highest BCUT2D eigenvalue weighted by Gasteiger charge is 2.49. The molecule has 0 spiro atoms. The predicted molar refractivity (Wildman–Crippen MR) is 288 cm³/mol. The van der Waals surface area contributed by atoms with Crippen molar-refractivity contribution in [1.29, 1.82) is 0 Å². The lowest BCUT2D eigenvalue weighted by molar-refractivity contribution is -0.144. The summed E-state index contributed by atoms with van der Waals surface area (Å²) in [7, 11) is 2.65. The predicted octanol–water partition coefficient (Wildman–Crippen LogP) is 6.29. The highest BCUT2D eigenvalue weighted by Crippen LogP contribution is 2.41. The van der Waals surface area contributed by atoms with Crippen LogP contribution in [-0.4, -0.2) is 163 Å². The number of fused-ring (bicyclic) bond motifs is 1. The number of thiazole rings is 1. The first-order chi connectivity index (χ1) is 37.2. The van der Waals surface area contributed by atoms with Gasteiger partial charge < -0.3 is 54.9 Å². The van der Waals surface area contributed by atoms with Crippen LogP contribution in [0, 0.1) is 24.1 Å². The van der Waals surface area contributed by atoms with Crippen molar-refractivity contribution in [3.8, 4) is 16.2 Å². The molecule has 19 nitrogen and oxygen atoms in total. The van der Waals surface area contributed by atoms with Crippen molar-refractivity contribution in [2.45, 2.75) is 116 Å². The number of carbonyl (C=O) groups is 5. The molecule has 4 aromatic rings. The van der Waals surface area contributed by atoms with Crippen molar-refractivity contribution in [2.75, 3.05) is 88.4 Å². The third-order valence-corrected chi connectivity index (χ3v) is 16.0. The third-order valence-electron chi connectivity index (χ3n) is 15.0. The Kier molecular flexibility index (Phi) is 18.7. The summed E-state index contributed by atoms with van der Waals surface area (Å²) in [6.07, 6.45) is 5.13. The van der Waals surface area contributed by atoms with Crippen LogP contribution in [0.4, 0.5) is 36.3 Å². The van der Waals surface area contributed by atoms with Gasteiger partial charge in [-0.1, -0.05) is 57.9 Å². The van der Waals surface area contributed by atoms with Crippen LogP contribution in [0.3, 0.4) is 0 Å². The number of aryl methyl sites for hydroxylation is 1. The summed E-state index contributed by atoms with van der Waals surface area (Å²) in [5.41, 5.74) is 4.07. The summed E-state index contributed by atoms with van der Waals surface area (Å²) in [4.78, 5) is 87.0. The van der Waals surface area contributed by atoms with Crippen molar-refractivity contribution in [3.05, 3.63) is 70.7 Å². The Morgan fingerprint density at radius 1 is 0.987 bits per heavy atom. The highest BCUT2D eigenvalue weighted by atomic mass is 32.1. The number of hydrogen-bond acceptors (Lipinski definition) is 16. The van der Waals surface area contributed by atoms with E-state index in [0.29, 0.717) is 39.1 Å². The summed E-state index contributed by atoms with van der Waals surface area (Å²) in [5, 5.41) is 19.2. The number of β-amino-alcohol motifs (C(OH)–C–C–N with tert-alkyl or cyclic N) is 1. The zero-order valence-electron chi connectivity index (χ0n) is 45.1. The number of aliphatic hydroxyl groups excluding tert-OH is 1. The van der Waals surface area contributed by atoms with E-state index in [-0.39, 0.29) is 97.9 Å². The molecule has 0 radical (unpaired) electrons. The molecule has 1 saturated carbocycles. The van der Waals surface area contributed by atoms with E-state index in [4.69, 9.17) is 14.2 Å². The fourth-order valence-corrected chi connectivity index (χ4v) is 11.4. The minimum absolute atomic E-state index is 0.0243. The number of ether oxygens (including phenoxy) is 3. The largest absolute Gasteiger partial charge is 0.495 e. The Bertz CT molecular complexity index is 2780. The topological polar surface area (TPSA) is 221 Å². The number of halogens is 3. The van der Waals surface area contributed by atoms with Gasteiger partial charge in [-0.3, -0.25) is 24.0 Å². The minimum Gasteiger partial charge on any atom is -0.495 e. The first kappa shape index (κ1) is 57.9. The van der Waals surface area contributed by atoms with Gasteiger partial charge in [-0.05, 0) is 74.2 Å². The molecular formula is C55H71F3N10O9S. The average molecular weight is 1110 g/mol. The number of hydrogen-bond donors (Lipinski definition) is 4. The maximum absolute atomic E-state index is 15.7. The quantitative estimate of drug-likeness (QED) is 0.0532. The maximum Gasteiger partial charge on any atom is 0.342 e. The lowest BCUT2D eigenvalue weighted by Gasteiger charge is -2.35. The summed E-state index contributed by atoms with van der Waals surface area (Å²) in [5.74, 6) is -7.17. The SMILES string of the molecule is COc1cc(C(=O)CC2CCN(CCOCCOCC(=O)N[C@H](C(=O)N3C[C@H](O)C[C@H]3C(=O)NCc3ccc(-c4scnc4C)cc3)C(C)(C)C)CC2)c(F)cc1Nc1ncc2c(n1)N(C1CCCC1)CC(F)(F)C(=O)N2C. The molecule has 4 amide bonds. The number of methoxy groups -OCH3 is 1. The van der Waals surface area contributed by atoms with Gasteiger partial charge in [-0.2, -0.15) is 13.8 Å². The molecule has 3 atom stereocenters. The number of alkyl halides is 2. The lowest BCUT2D eigenvalue weighted by Crippen LogP contribution is -2.58. The number of anilines is 4. The van der Waals surface area contributed by atoms with Crippen LogP contribution in [-0.2, 0) is 35.2 Å². The first-order valence-electron chi connectivity index (χ1n) is 26.6.